The summed E-state index contributed by atoms with van der Waals surface area (Å²) in [6.07, 6.45) is 3.43. The maximum absolute atomic E-state index is 12.5. The zero-order valence-electron chi connectivity index (χ0n) is 15.3. The van der Waals surface area contributed by atoms with Gasteiger partial charge in [0.1, 0.15) is 5.76 Å². The Morgan fingerprint density at radius 2 is 2.14 bits per heavy atom. The minimum absolute atomic E-state index is 0.0495. The number of aromatic nitrogens is 2. The van der Waals surface area contributed by atoms with Crippen LogP contribution in [0.1, 0.15) is 24.5 Å². The van der Waals surface area contributed by atoms with E-state index in [1.807, 2.05) is 24.3 Å². The Kier molecular flexibility index (Phi) is 5.73. The molecule has 1 aromatic carbocycles. The molecule has 0 aliphatic carbocycles. The van der Waals surface area contributed by atoms with Gasteiger partial charge in [0.25, 0.3) is 0 Å². The summed E-state index contributed by atoms with van der Waals surface area (Å²) in [6, 6.07) is 11.0. The molecular weight excluding hydrogens is 380 g/mol. The monoisotopic (exact) mass is 400 g/mol. The zero-order valence-corrected chi connectivity index (χ0v) is 16.1. The van der Waals surface area contributed by atoms with Gasteiger partial charge in [-0.3, -0.25) is 9.69 Å². The van der Waals surface area contributed by atoms with Crippen LogP contribution in [0.3, 0.4) is 0 Å². The highest BCUT2D eigenvalue weighted by atomic mass is 35.5. The Morgan fingerprint density at radius 1 is 1.29 bits per heavy atom. The Balaban J connectivity index is 1.32. The first-order valence-corrected chi connectivity index (χ1v) is 9.66. The molecule has 0 bridgehead atoms. The molecule has 8 heteroatoms. The van der Waals surface area contributed by atoms with E-state index in [1.165, 1.54) is 0 Å². The van der Waals surface area contributed by atoms with Crippen LogP contribution < -0.4 is 5.32 Å². The van der Waals surface area contributed by atoms with Gasteiger partial charge in [-0.25, -0.2) is 0 Å². The van der Waals surface area contributed by atoms with Gasteiger partial charge in [-0.1, -0.05) is 16.8 Å². The first-order chi connectivity index (χ1) is 13.7. The van der Waals surface area contributed by atoms with Crippen LogP contribution >= 0.6 is 11.6 Å². The molecule has 0 radical (unpaired) electrons. The number of piperidine rings is 1. The van der Waals surface area contributed by atoms with E-state index in [0.717, 1.165) is 30.7 Å². The molecule has 3 heterocycles. The summed E-state index contributed by atoms with van der Waals surface area (Å²) in [5.74, 6) is 1.83. The first-order valence-electron chi connectivity index (χ1n) is 9.28. The van der Waals surface area contributed by atoms with E-state index >= 15 is 0 Å². The number of nitrogens with zero attached hydrogens (tertiary/aromatic N) is 3. The summed E-state index contributed by atoms with van der Waals surface area (Å²) in [7, 11) is 0. The van der Waals surface area contributed by atoms with Crippen LogP contribution in [0.25, 0.3) is 11.4 Å². The molecule has 1 N–H and O–H groups in total. The van der Waals surface area contributed by atoms with Crippen LogP contribution in [0.15, 0.2) is 51.6 Å². The lowest BCUT2D eigenvalue weighted by Gasteiger charge is -2.30. The lowest BCUT2D eigenvalue weighted by atomic mass is 9.97. The van der Waals surface area contributed by atoms with Gasteiger partial charge in [0.05, 0.1) is 25.3 Å². The number of nitrogens with one attached hydrogen (secondary N) is 1. The SMILES string of the molecule is O=C(NCc1ccco1)C1CCCN(Cc2nc(-c3ccc(Cl)cc3)no2)C1. The third-order valence-electron chi connectivity index (χ3n) is 4.82. The number of carbonyl (C=O) groups is 1. The standard InChI is InChI=1S/C20H21ClN4O3/c21-16-7-5-14(6-8-16)19-23-18(28-24-19)13-25-9-1-3-15(12-25)20(26)22-11-17-4-2-10-27-17/h2,4-8,10,15H,1,3,9,11-13H2,(H,22,26). The quantitative estimate of drug-likeness (QED) is 0.681. The lowest BCUT2D eigenvalue weighted by Crippen LogP contribution is -2.42. The molecule has 1 saturated heterocycles. The predicted molar refractivity (Wildman–Crippen MR) is 103 cm³/mol. The van der Waals surface area contributed by atoms with Crippen LogP contribution in [-0.2, 0) is 17.9 Å². The van der Waals surface area contributed by atoms with Gasteiger partial charge in [0.2, 0.25) is 17.6 Å². The lowest BCUT2D eigenvalue weighted by molar-refractivity contribution is -0.127. The molecule has 1 fully saturated rings. The molecule has 3 aromatic rings. The summed E-state index contributed by atoms with van der Waals surface area (Å²) in [4.78, 5) is 19.1. The zero-order chi connectivity index (χ0) is 19.3. The van der Waals surface area contributed by atoms with Crippen molar-refractivity contribution in [2.24, 2.45) is 5.92 Å². The average Bonchev–Trinajstić information content (AvgIpc) is 3.39. The smallest absolute Gasteiger partial charge is 0.241 e. The summed E-state index contributed by atoms with van der Waals surface area (Å²) in [6.45, 7) is 2.52. The van der Waals surface area contributed by atoms with E-state index in [0.29, 0.717) is 36.4 Å². The molecule has 146 valence electrons. The van der Waals surface area contributed by atoms with Crippen LogP contribution in [0.4, 0.5) is 0 Å². The van der Waals surface area contributed by atoms with Crippen molar-refractivity contribution in [3.63, 3.8) is 0 Å². The van der Waals surface area contributed by atoms with E-state index in [1.54, 1.807) is 18.4 Å². The van der Waals surface area contributed by atoms with Crippen molar-refractivity contribution < 1.29 is 13.7 Å². The number of rotatable bonds is 6. The number of likely N-dealkylation sites (tertiary alicyclic amines) is 1. The Labute approximate surface area is 167 Å². The van der Waals surface area contributed by atoms with Gasteiger partial charge < -0.3 is 14.3 Å². The largest absolute Gasteiger partial charge is 0.467 e. The highest BCUT2D eigenvalue weighted by molar-refractivity contribution is 6.30. The number of hydrogen-bond acceptors (Lipinski definition) is 6. The Hall–Kier alpha value is -2.64. The second-order valence-electron chi connectivity index (χ2n) is 6.89. The normalized spacial score (nSPS) is 17.5. The molecular formula is C20H21ClN4O3. The van der Waals surface area contributed by atoms with Gasteiger partial charge in [-0.2, -0.15) is 4.98 Å². The average molecular weight is 401 g/mol. The molecule has 1 amide bonds. The number of hydrogen-bond donors (Lipinski definition) is 1. The number of benzene rings is 1. The van der Waals surface area contributed by atoms with Gasteiger partial charge in [-0.05, 0) is 55.8 Å². The van der Waals surface area contributed by atoms with Crippen LogP contribution in [0.2, 0.25) is 5.02 Å². The van der Waals surface area contributed by atoms with Crippen LogP contribution in [0, 0.1) is 5.92 Å². The summed E-state index contributed by atoms with van der Waals surface area (Å²) in [5.41, 5.74) is 0.855. The fourth-order valence-corrected chi connectivity index (χ4v) is 3.50. The van der Waals surface area contributed by atoms with E-state index in [2.05, 4.69) is 20.4 Å². The fraction of sp³-hybridized carbons (Fsp3) is 0.350. The number of halogens is 1. The molecule has 4 rings (SSSR count). The van der Waals surface area contributed by atoms with E-state index in [-0.39, 0.29) is 11.8 Å². The van der Waals surface area contributed by atoms with Crippen molar-refractivity contribution in [1.82, 2.24) is 20.4 Å². The summed E-state index contributed by atoms with van der Waals surface area (Å²) >= 11 is 5.91. The predicted octanol–water partition coefficient (Wildman–Crippen LogP) is 3.51. The van der Waals surface area contributed by atoms with Gasteiger partial charge in [0, 0.05) is 17.1 Å². The highest BCUT2D eigenvalue weighted by Gasteiger charge is 2.27. The molecule has 7 nitrogen and oxygen atoms in total. The van der Waals surface area contributed by atoms with Crippen molar-refractivity contribution in [2.45, 2.75) is 25.9 Å². The number of carbonyl (C=O) groups excluding carboxylic acids is 1. The van der Waals surface area contributed by atoms with Gasteiger partial charge in [0.15, 0.2) is 0 Å². The molecule has 2 aromatic heterocycles. The molecule has 0 saturated carbocycles. The molecule has 28 heavy (non-hydrogen) atoms. The van der Waals surface area contributed by atoms with E-state index in [4.69, 9.17) is 20.5 Å². The van der Waals surface area contributed by atoms with Crippen LogP contribution in [0.5, 0.6) is 0 Å². The number of amides is 1. The third-order valence-corrected chi connectivity index (χ3v) is 5.07. The fourth-order valence-electron chi connectivity index (χ4n) is 3.37. The molecule has 1 atom stereocenters. The van der Waals surface area contributed by atoms with Gasteiger partial charge >= 0.3 is 0 Å². The first kappa shape index (κ1) is 18.7. The van der Waals surface area contributed by atoms with Crippen molar-refractivity contribution in [2.75, 3.05) is 13.1 Å². The molecule has 1 unspecified atom stereocenters. The van der Waals surface area contributed by atoms with Gasteiger partial charge in [-0.15, -0.1) is 0 Å². The third kappa shape index (κ3) is 4.61. The Morgan fingerprint density at radius 3 is 2.93 bits per heavy atom. The maximum atomic E-state index is 12.5. The summed E-state index contributed by atoms with van der Waals surface area (Å²) in [5, 5.41) is 7.66. The highest BCUT2D eigenvalue weighted by Crippen LogP contribution is 2.21. The maximum Gasteiger partial charge on any atom is 0.241 e. The van der Waals surface area contributed by atoms with E-state index < -0.39 is 0 Å². The number of furan rings is 1. The van der Waals surface area contributed by atoms with Crippen molar-refractivity contribution in [1.29, 1.82) is 0 Å². The van der Waals surface area contributed by atoms with Crippen molar-refractivity contribution >= 4 is 17.5 Å². The minimum Gasteiger partial charge on any atom is -0.467 e. The van der Waals surface area contributed by atoms with Crippen molar-refractivity contribution in [3.05, 3.63) is 59.3 Å². The topological polar surface area (TPSA) is 84.4 Å². The Bertz CT molecular complexity index is 908. The van der Waals surface area contributed by atoms with Crippen molar-refractivity contribution in [3.8, 4) is 11.4 Å². The molecule has 1 aliphatic heterocycles. The minimum atomic E-state index is -0.0534. The second-order valence-corrected chi connectivity index (χ2v) is 7.33. The molecule has 1 aliphatic rings. The summed E-state index contributed by atoms with van der Waals surface area (Å²) < 4.78 is 10.7. The van der Waals surface area contributed by atoms with E-state index in [9.17, 15) is 4.79 Å². The molecule has 0 spiro atoms. The second kappa shape index (κ2) is 8.58. The van der Waals surface area contributed by atoms with Crippen LogP contribution in [-0.4, -0.2) is 34.0 Å².